The van der Waals surface area contributed by atoms with Crippen LogP contribution in [0.15, 0.2) is 0 Å². The average Bonchev–Trinajstić information content (AvgIpc) is 2.61. The molecule has 1 aliphatic carbocycles. The van der Waals surface area contributed by atoms with E-state index in [0.717, 1.165) is 5.69 Å². The maximum Gasteiger partial charge on any atom is 0.0997 e. The zero-order chi connectivity index (χ0) is 9.97. The summed E-state index contributed by atoms with van der Waals surface area (Å²) in [4.78, 5) is 0. The van der Waals surface area contributed by atoms with Crippen molar-refractivity contribution in [2.24, 2.45) is 12.8 Å². The average molecular weight is 194 g/mol. The fourth-order valence-electron chi connectivity index (χ4n) is 2.43. The van der Waals surface area contributed by atoms with Crippen molar-refractivity contribution in [1.29, 1.82) is 0 Å². The van der Waals surface area contributed by atoms with Gasteiger partial charge in [-0.05, 0) is 12.8 Å². The fraction of sp³-hybridized carbons (Fsp3) is 0.800. The lowest BCUT2D eigenvalue weighted by Gasteiger charge is -2.22. The minimum Gasteiger partial charge on any atom is -0.325 e. The highest BCUT2D eigenvalue weighted by Gasteiger charge is 2.22. The minimum absolute atomic E-state index is 0.514. The van der Waals surface area contributed by atoms with Gasteiger partial charge in [-0.15, -0.1) is 5.10 Å². The molecule has 0 unspecified atom stereocenters. The molecule has 4 nitrogen and oxygen atoms in total. The van der Waals surface area contributed by atoms with Gasteiger partial charge in [0, 0.05) is 19.5 Å². The van der Waals surface area contributed by atoms with E-state index in [9.17, 15) is 0 Å². The molecule has 2 rings (SSSR count). The minimum atomic E-state index is 0.514. The molecule has 0 radical (unpaired) electrons. The van der Waals surface area contributed by atoms with E-state index in [1.165, 1.54) is 37.8 Å². The van der Waals surface area contributed by atoms with Crippen molar-refractivity contribution in [3.05, 3.63) is 11.4 Å². The summed E-state index contributed by atoms with van der Waals surface area (Å²) in [5, 5.41) is 8.15. The molecule has 1 aromatic rings. The third kappa shape index (κ3) is 1.66. The molecule has 1 aromatic heterocycles. The summed E-state index contributed by atoms with van der Waals surface area (Å²) < 4.78 is 1.90. The van der Waals surface area contributed by atoms with Crippen LogP contribution in [0.3, 0.4) is 0 Å². The zero-order valence-corrected chi connectivity index (χ0v) is 8.74. The second kappa shape index (κ2) is 4.09. The highest BCUT2D eigenvalue weighted by Crippen LogP contribution is 2.33. The molecular formula is C10H18N4. The lowest BCUT2D eigenvalue weighted by atomic mass is 9.86. The van der Waals surface area contributed by atoms with Gasteiger partial charge in [0.25, 0.3) is 0 Å². The maximum absolute atomic E-state index is 5.65. The summed E-state index contributed by atoms with van der Waals surface area (Å²) in [6.45, 7) is 0.514. The van der Waals surface area contributed by atoms with Crippen molar-refractivity contribution in [2.75, 3.05) is 0 Å². The molecule has 1 saturated carbocycles. The normalized spacial score (nSPS) is 18.7. The van der Waals surface area contributed by atoms with Crippen molar-refractivity contribution >= 4 is 0 Å². The number of nitrogens with two attached hydrogens (primary N) is 1. The van der Waals surface area contributed by atoms with Gasteiger partial charge in [0.2, 0.25) is 0 Å². The maximum atomic E-state index is 5.65. The van der Waals surface area contributed by atoms with Gasteiger partial charge in [0.15, 0.2) is 0 Å². The Morgan fingerprint density at radius 3 is 2.71 bits per heavy atom. The number of aryl methyl sites for hydroxylation is 1. The summed E-state index contributed by atoms with van der Waals surface area (Å²) in [5.41, 5.74) is 7.91. The molecule has 0 saturated heterocycles. The van der Waals surface area contributed by atoms with Gasteiger partial charge in [0.1, 0.15) is 0 Å². The van der Waals surface area contributed by atoms with Crippen LogP contribution in [0.25, 0.3) is 0 Å². The van der Waals surface area contributed by atoms with E-state index >= 15 is 0 Å². The molecule has 0 atom stereocenters. The predicted octanol–water partition coefficient (Wildman–Crippen LogP) is 1.32. The molecule has 14 heavy (non-hydrogen) atoms. The Morgan fingerprint density at radius 1 is 1.36 bits per heavy atom. The molecule has 0 aliphatic heterocycles. The van der Waals surface area contributed by atoms with Gasteiger partial charge in [-0.2, -0.15) is 0 Å². The molecule has 78 valence electrons. The van der Waals surface area contributed by atoms with E-state index in [4.69, 9.17) is 5.73 Å². The highest BCUT2D eigenvalue weighted by molar-refractivity contribution is 5.15. The first-order valence-electron chi connectivity index (χ1n) is 5.41. The van der Waals surface area contributed by atoms with Gasteiger partial charge < -0.3 is 5.73 Å². The van der Waals surface area contributed by atoms with Crippen LogP contribution in [-0.4, -0.2) is 15.0 Å². The summed E-state index contributed by atoms with van der Waals surface area (Å²) in [6, 6.07) is 0. The van der Waals surface area contributed by atoms with Gasteiger partial charge in [-0.25, -0.2) is 0 Å². The second-order valence-corrected chi connectivity index (χ2v) is 4.08. The number of nitrogens with zero attached hydrogens (tertiary/aromatic N) is 3. The van der Waals surface area contributed by atoms with Crippen molar-refractivity contribution in [3.8, 4) is 0 Å². The molecule has 0 amide bonds. The van der Waals surface area contributed by atoms with Crippen LogP contribution in [-0.2, 0) is 13.6 Å². The van der Waals surface area contributed by atoms with Crippen LogP contribution in [0.2, 0.25) is 0 Å². The summed E-state index contributed by atoms with van der Waals surface area (Å²) >= 11 is 0. The van der Waals surface area contributed by atoms with Crippen LogP contribution in [0, 0.1) is 0 Å². The molecule has 1 heterocycles. The first-order chi connectivity index (χ1) is 6.83. The Morgan fingerprint density at radius 2 is 2.07 bits per heavy atom. The van der Waals surface area contributed by atoms with Crippen LogP contribution in [0.1, 0.15) is 49.4 Å². The Balaban J connectivity index is 2.23. The van der Waals surface area contributed by atoms with E-state index < -0.39 is 0 Å². The topological polar surface area (TPSA) is 56.7 Å². The predicted molar refractivity (Wildman–Crippen MR) is 54.7 cm³/mol. The van der Waals surface area contributed by atoms with Crippen LogP contribution < -0.4 is 5.73 Å². The van der Waals surface area contributed by atoms with E-state index in [0.29, 0.717) is 12.5 Å². The number of aromatic nitrogens is 3. The van der Waals surface area contributed by atoms with Crippen molar-refractivity contribution in [3.63, 3.8) is 0 Å². The first kappa shape index (κ1) is 9.65. The smallest absolute Gasteiger partial charge is 0.0997 e. The van der Waals surface area contributed by atoms with Gasteiger partial charge in [-0.1, -0.05) is 24.5 Å². The Bertz CT molecular complexity index is 299. The molecular weight excluding hydrogens is 176 g/mol. The van der Waals surface area contributed by atoms with Gasteiger partial charge in [-0.3, -0.25) is 4.68 Å². The SMILES string of the molecule is Cn1nnc(CN)c1C1CCCCC1. The van der Waals surface area contributed by atoms with Gasteiger partial charge in [0.05, 0.1) is 11.4 Å². The van der Waals surface area contributed by atoms with Crippen LogP contribution in [0.5, 0.6) is 0 Å². The lowest BCUT2D eigenvalue weighted by molar-refractivity contribution is 0.422. The van der Waals surface area contributed by atoms with Crippen LogP contribution >= 0.6 is 0 Å². The summed E-state index contributed by atoms with van der Waals surface area (Å²) in [6.07, 6.45) is 6.59. The van der Waals surface area contributed by atoms with E-state index in [1.54, 1.807) is 0 Å². The standard InChI is InChI=1S/C10H18N4/c1-14-10(9(7-11)12-13-14)8-5-3-2-4-6-8/h8H,2-7,11H2,1H3. The van der Waals surface area contributed by atoms with E-state index in [2.05, 4.69) is 10.3 Å². The quantitative estimate of drug-likeness (QED) is 0.772. The fourth-order valence-corrected chi connectivity index (χ4v) is 2.43. The number of rotatable bonds is 2. The highest BCUT2D eigenvalue weighted by atomic mass is 15.4. The first-order valence-corrected chi connectivity index (χ1v) is 5.41. The Labute approximate surface area is 84.5 Å². The zero-order valence-electron chi connectivity index (χ0n) is 8.74. The third-order valence-corrected chi connectivity index (χ3v) is 3.13. The second-order valence-electron chi connectivity index (χ2n) is 4.08. The van der Waals surface area contributed by atoms with Gasteiger partial charge >= 0.3 is 0 Å². The molecule has 4 heteroatoms. The molecule has 1 fully saturated rings. The third-order valence-electron chi connectivity index (χ3n) is 3.13. The largest absolute Gasteiger partial charge is 0.325 e. The van der Waals surface area contributed by atoms with Crippen molar-refractivity contribution in [1.82, 2.24) is 15.0 Å². The number of hydrogen-bond donors (Lipinski definition) is 1. The van der Waals surface area contributed by atoms with Crippen molar-refractivity contribution in [2.45, 2.75) is 44.6 Å². The number of hydrogen-bond acceptors (Lipinski definition) is 3. The molecule has 0 aromatic carbocycles. The molecule has 1 aliphatic rings. The monoisotopic (exact) mass is 194 g/mol. The van der Waals surface area contributed by atoms with Crippen molar-refractivity contribution < 1.29 is 0 Å². The molecule has 0 bridgehead atoms. The molecule has 2 N–H and O–H groups in total. The molecule has 0 spiro atoms. The Hall–Kier alpha value is -0.900. The summed E-state index contributed by atoms with van der Waals surface area (Å²) in [5.74, 6) is 0.641. The van der Waals surface area contributed by atoms with E-state index in [1.807, 2.05) is 11.7 Å². The Kier molecular flexibility index (Phi) is 2.82. The van der Waals surface area contributed by atoms with Crippen LogP contribution in [0.4, 0.5) is 0 Å². The lowest BCUT2D eigenvalue weighted by Crippen LogP contribution is -2.13. The van der Waals surface area contributed by atoms with E-state index in [-0.39, 0.29) is 0 Å². The summed E-state index contributed by atoms with van der Waals surface area (Å²) in [7, 11) is 1.97.